The predicted molar refractivity (Wildman–Crippen MR) is 77.6 cm³/mol. The van der Waals surface area contributed by atoms with Crippen LogP contribution in [0, 0.1) is 0 Å². The van der Waals surface area contributed by atoms with Crippen LogP contribution in [-0.2, 0) is 4.74 Å². The molecular formula is C15H14CaO4. The number of carbonyl (C=O) groups is 2. The van der Waals surface area contributed by atoms with Crippen LogP contribution >= 0.6 is 0 Å². The van der Waals surface area contributed by atoms with E-state index in [-0.39, 0.29) is 43.5 Å². The topological polar surface area (TPSA) is 63.6 Å². The summed E-state index contributed by atoms with van der Waals surface area (Å²) in [5, 5.41) is 8.77. The molecule has 2 aromatic carbocycles. The second-order valence-electron chi connectivity index (χ2n) is 3.90. The number of benzene rings is 2. The van der Waals surface area contributed by atoms with Gasteiger partial charge in [0.05, 0.1) is 0 Å². The first-order valence-electron chi connectivity index (χ1n) is 5.72. The Labute approximate surface area is 146 Å². The van der Waals surface area contributed by atoms with E-state index in [1.54, 1.807) is 60.7 Å². The third-order valence-corrected chi connectivity index (χ3v) is 2.62. The van der Waals surface area contributed by atoms with Gasteiger partial charge in [0, 0.05) is 11.1 Å². The second-order valence-corrected chi connectivity index (χ2v) is 3.90. The fourth-order valence-electron chi connectivity index (χ4n) is 1.76. The summed E-state index contributed by atoms with van der Waals surface area (Å²) >= 11 is 0. The van der Waals surface area contributed by atoms with E-state index in [0.717, 1.165) is 0 Å². The van der Waals surface area contributed by atoms with E-state index in [0.29, 0.717) is 11.1 Å². The molecule has 4 nitrogen and oxygen atoms in total. The van der Waals surface area contributed by atoms with Crippen molar-refractivity contribution in [3.05, 3.63) is 71.8 Å². The van der Waals surface area contributed by atoms with Crippen LogP contribution in [0.2, 0.25) is 0 Å². The van der Waals surface area contributed by atoms with Crippen molar-refractivity contribution in [1.29, 1.82) is 0 Å². The molecule has 0 aliphatic carbocycles. The molecule has 0 saturated carbocycles. The van der Waals surface area contributed by atoms with Crippen LogP contribution in [-0.4, -0.2) is 54.8 Å². The van der Waals surface area contributed by atoms with Crippen molar-refractivity contribution in [2.75, 3.05) is 0 Å². The van der Waals surface area contributed by atoms with Gasteiger partial charge in [0.2, 0.25) is 5.78 Å². The molecule has 2 aromatic rings. The number of hydrogen-bond acceptors (Lipinski definition) is 3. The molecule has 5 heteroatoms. The molecule has 1 N–H and O–H groups in total. The van der Waals surface area contributed by atoms with E-state index in [1.165, 1.54) is 0 Å². The van der Waals surface area contributed by atoms with Gasteiger partial charge in [-0.25, -0.2) is 4.79 Å². The summed E-state index contributed by atoms with van der Waals surface area (Å²) in [6.07, 6.45) is -2.61. The summed E-state index contributed by atoms with van der Waals surface area (Å²) in [5.41, 5.74) is 0.927. The van der Waals surface area contributed by atoms with Gasteiger partial charge in [0.1, 0.15) is 0 Å². The van der Waals surface area contributed by atoms with Gasteiger partial charge in [-0.2, -0.15) is 0 Å². The number of hydrogen-bond donors (Lipinski definition) is 1. The zero-order valence-electron chi connectivity index (χ0n) is 10.0. The van der Waals surface area contributed by atoms with Crippen LogP contribution in [0.4, 0.5) is 4.79 Å². The van der Waals surface area contributed by atoms with Gasteiger partial charge in [-0.1, -0.05) is 60.7 Å². The summed E-state index contributed by atoms with van der Waals surface area (Å²) < 4.78 is 4.72. The van der Waals surface area contributed by atoms with Crippen molar-refractivity contribution in [2.45, 2.75) is 6.10 Å². The first-order chi connectivity index (χ1) is 9.18. The van der Waals surface area contributed by atoms with Gasteiger partial charge < -0.3 is 9.84 Å². The molecule has 0 aromatic heterocycles. The molecule has 1 atom stereocenters. The molecule has 2 rings (SSSR count). The van der Waals surface area contributed by atoms with Gasteiger partial charge in [-0.3, -0.25) is 4.79 Å². The van der Waals surface area contributed by atoms with E-state index in [2.05, 4.69) is 0 Å². The van der Waals surface area contributed by atoms with Crippen molar-refractivity contribution in [3.8, 4) is 0 Å². The van der Waals surface area contributed by atoms with Crippen LogP contribution in [0.25, 0.3) is 0 Å². The summed E-state index contributed by atoms with van der Waals surface area (Å²) in [7, 11) is 0. The molecule has 0 spiro atoms. The van der Waals surface area contributed by atoms with Crippen LogP contribution in [0.1, 0.15) is 22.0 Å². The number of rotatable bonds is 4. The molecule has 0 saturated heterocycles. The van der Waals surface area contributed by atoms with Gasteiger partial charge >= 0.3 is 43.9 Å². The fourth-order valence-corrected chi connectivity index (χ4v) is 1.76. The quantitative estimate of drug-likeness (QED) is 0.535. The molecule has 0 fully saturated rings. The molecular weight excluding hydrogens is 284 g/mol. The van der Waals surface area contributed by atoms with Crippen LogP contribution in [0.5, 0.6) is 0 Å². The predicted octanol–water partition coefficient (Wildman–Crippen LogP) is 2.39. The molecule has 1 unspecified atom stereocenters. The van der Waals surface area contributed by atoms with E-state index in [4.69, 9.17) is 9.84 Å². The SMILES string of the molecule is O=C(O)OC(C(=O)c1ccccc1)c1ccccc1.[CaH2]. The molecule has 0 aliphatic rings. The van der Waals surface area contributed by atoms with E-state index in [1.807, 2.05) is 0 Å². The average Bonchev–Trinajstić information content (AvgIpc) is 2.46. The maximum atomic E-state index is 12.3. The Morgan fingerprint density at radius 2 is 1.40 bits per heavy atom. The summed E-state index contributed by atoms with van der Waals surface area (Å²) in [4.78, 5) is 23.0. The molecule has 0 aliphatic heterocycles. The number of carboxylic acid groups (broad SMARTS) is 1. The fraction of sp³-hybridized carbons (Fsp3) is 0.0667. The van der Waals surface area contributed by atoms with Gasteiger partial charge in [0.25, 0.3) is 0 Å². The second kappa shape index (κ2) is 8.04. The Balaban J connectivity index is 0.00000200. The van der Waals surface area contributed by atoms with E-state index >= 15 is 0 Å². The maximum absolute atomic E-state index is 12.3. The third-order valence-electron chi connectivity index (χ3n) is 2.62. The average molecular weight is 298 g/mol. The normalized spacial score (nSPS) is 11.0. The minimum atomic E-state index is -1.47. The van der Waals surface area contributed by atoms with Crippen molar-refractivity contribution in [1.82, 2.24) is 0 Å². The van der Waals surface area contributed by atoms with Crippen molar-refractivity contribution < 1.29 is 19.4 Å². The van der Waals surface area contributed by atoms with E-state index in [9.17, 15) is 9.59 Å². The van der Waals surface area contributed by atoms with Crippen LogP contribution in [0.15, 0.2) is 60.7 Å². The Kier molecular flexibility index (Phi) is 6.71. The van der Waals surface area contributed by atoms with E-state index < -0.39 is 12.3 Å². The molecule has 0 radical (unpaired) electrons. The number of ketones is 1. The van der Waals surface area contributed by atoms with Crippen LogP contribution in [0.3, 0.4) is 0 Å². The Morgan fingerprint density at radius 1 is 0.900 bits per heavy atom. The van der Waals surface area contributed by atoms with Crippen molar-refractivity contribution in [2.24, 2.45) is 0 Å². The minimum absolute atomic E-state index is 0. The summed E-state index contributed by atoms with van der Waals surface area (Å²) in [5.74, 6) is -0.380. The number of Topliss-reactive ketones (excluding diaryl/α,β-unsaturated/α-hetero) is 1. The molecule has 0 bridgehead atoms. The van der Waals surface area contributed by atoms with Gasteiger partial charge in [-0.15, -0.1) is 0 Å². The number of ether oxygens (including phenoxy) is 1. The summed E-state index contributed by atoms with van der Waals surface area (Å²) in [6, 6.07) is 17.0. The van der Waals surface area contributed by atoms with Crippen molar-refractivity contribution >= 4 is 49.7 Å². The number of carbonyl (C=O) groups excluding carboxylic acids is 1. The molecule has 100 valence electrons. The van der Waals surface area contributed by atoms with Crippen LogP contribution < -0.4 is 0 Å². The standard InChI is InChI=1S/C15H12O4.Ca.2H/c16-13(11-7-3-1-4-8-11)14(19-15(17)18)12-9-5-2-6-10-12;;;/h1-10,14H,(H,17,18);;;. The first kappa shape index (κ1) is 16.7. The monoisotopic (exact) mass is 298 g/mol. The summed E-state index contributed by atoms with van der Waals surface area (Å²) in [6.45, 7) is 0. The molecule has 20 heavy (non-hydrogen) atoms. The molecule has 0 heterocycles. The first-order valence-corrected chi connectivity index (χ1v) is 5.72. The Hall–Kier alpha value is -1.36. The van der Waals surface area contributed by atoms with Crippen molar-refractivity contribution in [3.63, 3.8) is 0 Å². The molecule has 0 amide bonds. The van der Waals surface area contributed by atoms with Gasteiger partial charge in [-0.05, 0) is 0 Å². The van der Waals surface area contributed by atoms with Gasteiger partial charge in [0.15, 0.2) is 6.10 Å². The zero-order chi connectivity index (χ0) is 13.7. The Morgan fingerprint density at radius 3 is 1.90 bits per heavy atom. The third kappa shape index (κ3) is 4.34. The Bertz CT molecular complexity index is 569. The zero-order valence-corrected chi connectivity index (χ0v) is 10.0.